The van der Waals surface area contributed by atoms with E-state index in [-0.39, 0.29) is 5.91 Å². The number of rotatable bonds is 6. The van der Waals surface area contributed by atoms with Crippen LogP contribution in [0, 0.1) is 0 Å². The molecule has 1 aromatic rings. The third-order valence-corrected chi connectivity index (χ3v) is 3.42. The molecule has 1 atom stereocenters. The summed E-state index contributed by atoms with van der Waals surface area (Å²) >= 11 is 0. The summed E-state index contributed by atoms with van der Waals surface area (Å²) in [7, 11) is 1.49. The van der Waals surface area contributed by atoms with Crippen LogP contribution in [0.5, 0.6) is 5.75 Å². The second-order valence-electron chi connectivity index (χ2n) is 4.75. The van der Waals surface area contributed by atoms with Gasteiger partial charge in [-0.05, 0) is 19.4 Å². The van der Waals surface area contributed by atoms with Crippen LogP contribution in [0.25, 0.3) is 0 Å². The van der Waals surface area contributed by atoms with Crippen LogP contribution in [0.3, 0.4) is 0 Å². The summed E-state index contributed by atoms with van der Waals surface area (Å²) in [6.45, 7) is 5.19. The molecule has 0 spiro atoms. The van der Waals surface area contributed by atoms with Crippen molar-refractivity contribution in [2.75, 3.05) is 13.7 Å². The maximum absolute atomic E-state index is 11.9. The van der Waals surface area contributed by atoms with Gasteiger partial charge in [0.2, 0.25) is 5.91 Å². The van der Waals surface area contributed by atoms with Crippen molar-refractivity contribution < 1.29 is 19.4 Å². The maximum atomic E-state index is 11.9. The van der Waals surface area contributed by atoms with Gasteiger partial charge in [0.05, 0.1) is 7.11 Å². The molecule has 0 saturated heterocycles. The molecule has 0 heterocycles. The highest BCUT2D eigenvalue weighted by Gasteiger charge is 2.44. The SMILES string of the molecule is CCCN(C(C)=O)C(C)(C(=O)O)c1ccccc1OC. The van der Waals surface area contributed by atoms with Crippen molar-refractivity contribution in [2.45, 2.75) is 32.7 Å². The first-order valence-electron chi connectivity index (χ1n) is 6.54. The number of benzene rings is 1. The van der Waals surface area contributed by atoms with Gasteiger partial charge in [-0.2, -0.15) is 0 Å². The summed E-state index contributed by atoms with van der Waals surface area (Å²) in [6, 6.07) is 6.88. The Morgan fingerprint density at radius 1 is 1.35 bits per heavy atom. The highest BCUT2D eigenvalue weighted by Crippen LogP contribution is 2.35. The first kappa shape index (κ1) is 16.0. The molecule has 1 amide bonds. The minimum absolute atomic E-state index is 0.275. The van der Waals surface area contributed by atoms with Gasteiger partial charge in [0.1, 0.15) is 5.75 Å². The van der Waals surface area contributed by atoms with Crippen LogP contribution in [0.2, 0.25) is 0 Å². The van der Waals surface area contributed by atoms with Crippen molar-refractivity contribution in [1.29, 1.82) is 0 Å². The van der Waals surface area contributed by atoms with Crippen molar-refractivity contribution in [3.05, 3.63) is 29.8 Å². The number of carbonyl (C=O) groups is 2. The number of hydrogen-bond donors (Lipinski definition) is 1. The molecule has 0 aromatic heterocycles. The summed E-state index contributed by atoms with van der Waals surface area (Å²) in [4.78, 5) is 25.1. The topological polar surface area (TPSA) is 66.8 Å². The van der Waals surface area contributed by atoms with Gasteiger partial charge in [0, 0.05) is 19.0 Å². The van der Waals surface area contributed by atoms with Crippen molar-refractivity contribution in [1.82, 2.24) is 4.90 Å². The minimum Gasteiger partial charge on any atom is -0.496 e. The molecule has 5 nitrogen and oxygen atoms in total. The average Bonchev–Trinajstić information content (AvgIpc) is 2.43. The third-order valence-electron chi connectivity index (χ3n) is 3.42. The molecule has 0 bridgehead atoms. The molecule has 1 aromatic carbocycles. The molecule has 5 heteroatoms. The van der Waals surface area contributed by atoms with Gasteiger partial charge in [-0.3, -0.25) is 4.79 Å². The zero-order valence-corrected chi connectivity index (χ0v) is 12.3. The van der Waals surface area contributed by atoms with E-state index in [1.165, 1.54) is 25.9 Å². The van der Waals surface area contributed by atoms with Crippen LogP contribution < -0.4 is 4.74 Å². The van der Waals surface area contributed by atoms with E-state index < -0.39 is 11.5 Å². The number of methoxy groups -OCH3 is 1. The average molecular weight is 279 g/mol. The Balaban J connectivity index is 3.47. The first-order valence-corrected chi connectivity index (χ1v) is 6.54. The van der Waals surface area contributed by atoms with Crippen molar-refractivity contribution >= 4 is 11.9 Å². The molecule has 0 saturated carbocycles. The number of carboxylic acids is 1. The number of ether oxygens (including phenoxy) is 1. The van der Waals surface area contributed by atoms with Gasteiger partial charge in [-0.25, -0.2) is 4.79 Å². The fourth-order valence-corrected chi connectivity index (χ4v) is 2.34. The smallest absolute Gasteiger partial charge is 0.334 e. The van der Waals surface area contributed by atoms with E-state index in [0.29, 0.717) is 24.3 Å². The van der Waals surface area contributed by atoms with Crippen LogP contribution in [0.1, 0.15) is 32.8 Å². The zero-order valence-electron chi connectivity index (χ0n) is 12.3. The third kappa shape index (κ3) is 2.76. The molecule has 0 fully saturated rings. The van der Waals surface area contributed by atoms with Gasteiger partial charge in [0.15, 0.2) is 5.54 Å². The van der Waals surface area contributed by atoms with E-state index >= 15 is 0 Å². The van der Waals surface area contributed by atoms with Gasteiger partial charge >= 0.3 is 5.97 Å². The summed E-state index contributed by atoms with van der Waals surface area (Å²) in [5.74, 6) is -0.895. The number of carbonyl (C=O) groups excluding carboxylic acids is 1. The normalized spacial score (nSPS) is 13.4. The fourth-order valence-electron chi connectivity index (χ4n) is 2.34. The van der Waals surface area contributed by atoms with Crippen molar-refractivity contribution in [2.24, 2.45) is 0 Å². The van der Waals surface area contributed by atoms with E-state index in [4.69, 9.17) is 4.74 Å². The lowest BCUT2D eigenvalue weighted by molar-refractivity contribution is -0.158. The van der Waals surface area contributed by atoms with Crippen molar-refractivity contribution in [3.63, 3.8) is 0 Å². The molecule has 1 N–H and O–H groups in total. The number of aliphatic carboxylic acids is 1. The number of nitrogens with zero attached hydrogens (tertiary/aromatic N) is 1. The van der Waals surface area contributed by atoms with Crippen LogP contribution in [0.4, 0.5) is 0 Å². The molecular formula is C15H21NO4. The summed E-state index contributed by atoms with van der Waals surface area (Å²) in [6.07, 6.45) is 0.678. The van der Waals surface area contributed by atoms with Crippen molar-refractivity contribution in [3.8, 4) is 5.75 Å². The summed E-state index contributed by atoms with van der Waals surface area (Å²) < 4.78 is 5.25. The monoisotopic (exact) mass is 279 g/mol. The second kappa shape index (κ2) is 6.41. The van der Waals surface area contributed by atoms with E-state index in [0.717, 1.165) is 0 Å². The van der Waals surface area contributed by atoms with Gasteiger partial charge in [0.25, 0.3) is 0 Å². The Morgan fingerprint density at radius 2 is 1.95 bits per heavy atom. The standard InChI is InChI=1S/C15H21NO4/c1-5-10-16(11(2)17)15(3,14(18)19)12-8-6-7-9-13(12)20-4/h6-9H,5,10H2,1-4H3,(H,18,19). The molecule has 110 valence electrons. The molecule has 20 heavy (non-hydrogen) atoms. The fraction of sp³-hybridized carbons (Fsp3) is 0.467. The number of carboxylic acid groups (broad SMARTS) is 1. The minimum atomic E-state index is -1.45. The molecule has 1 unspecified atom stereocenters. The molecular weight excluding hydrogens is 258 g/mol. The van der Waals surface area contributed by atoms with E-state index in [1.54, 1.807) is 24.3 Å². The predicted octanol–water partition coefficient (Wildman–Crippen LogP) is 2.25. The molecule has 0 aliphatic heterocycles. The van der Waals surface area contributed by atoms with Gasteiger partial charge in [-0.1, -0.05) is 25.1 Å². The quantitative estimate of drug-likeness (QED) is 0.867. The number of para-hydroxylation sites is 1. The largest absolute Gasteiger partial charge is 0.496 e. The zero-order chi connectivity index (χ0) is 15.3. The number of amides is 1. The summed E-state index contributed by atoms with van der Waals surface area (Å²) in [5.41, 5.74) is -0.979. The predicted molar refractivity (Wildman–Crippen MR) is 75.7 cm³/mol. The molecule has 0 aliphatic carbocycles. The maximum Gasteiger partial charge on any atom is 0.334 e. The highest BCUT2D eigenvalue weighted by atomic mass is 16.5. The van der Waals surface area contributed by atoms with Crippen LogP contribution in [0.15, 0.2) is 24.3 Å². The Morgan fingerprint density at radius 3 is 2.40 bits per heavy atom. The lowest BCUT2D eigenvalue weighted by atomic mass is 9.88. The lowest BCUT2D eigenvalue weighted by Gasteiger charge is -2.38. The lowest BCUT2D eigenvalue weighted by Crippen LogP contribution is -2.52. The molecule has 0 radical (unpaired) electrons. The summed E-state index contributed by atoms with van der Waals surface area (Å²) in [5, 5.41) is 9.70. The highest BCUT2D eigenvalue weighted by molar-refractivity contribution is 5.87. The molecule has 0 aliphatic rings. The van der Waals surface area contributed by atoms with Crippen LogP contribution >= 0.6 is 0 Å². The number of hydrogen-bond acceptors (Lipinski definition) is 3. The Hall–Kier alpha value is -2.04. The second-order valence-corrected chi connectivity index (χ2v) is 4.75. The Labute approximate surface area is 119 Å². The van der Waals surface area contributed by atoms with Gasteiger partial charge in [-0.15, -0.1) is 0 Å². The molecule has 1 rings (SSSR count). The Kier molecular flexibility index (Phi) is 5.13. The van der Waals surface area contributed by atoms with Gasteiger partial charge < -0.3 is 14.7 Å². The van der Waals surface area contributed by atoms with Crippen LogP contribution in [-0.4, -0.2) is 35.5 Å². The van der Waals surface area contributed by atoms with E-state index in [2.05, 4.69) is 0 Å². The van der Waals surface area contributed by atoms with E-state index in [1.807, 2.05) is 6.92 Å². The Bertz CT molecular complexity index is 500. The van der Waals surface area contributed by atoms with Crippen LogP contribution in [-0.2, 0) is 15.1 Å². The van der Waals surface area contributed by atoms with E-state index in [9.17, 15) is 14.7 Å². The first-order chi connectivity index (χ1) is 9.39.